The Morgan fingerprint density at radius 3 is 2.53 bits per heavy atom. The Bertz CT molecular complexity index is 523. The van der Waals surface area contributed by atoms with Gasteiger partial charge in [0.05, 0.1) is 6.54 Å². The summed E-state index contributed by atoms with van der Waals surface area (Å²) in [6.45, 7) is 3.55. The maximum atomic E-state index is 5.70. The smallest absolute Gasteiger partial charge is 0.121 e. The van der Waals surface area contributed by atoms with Crippen molar-refractivity contribution in [3.05, 3.63) is 54.1 Å². The molecular weight excluding hydrogens is 236 g/mol. The Balaban J connectivity index is 1.84. The largest absolute Gasteiger partial charge is 0.492 e. The van der Waals surface area contributed by atoms with E-state index >= 15 is 0 Å². The van der Waals surface area contributed by atoms with E-state index in [2.05, 4.69) is 43.1 Å². The van der Waals surface area contributed by atoms with E-state index in [1.807, 2.05) is 24.3 Å². The monoisotopic (exact) mass is 256 g/mol. The van der Waals surface area contributed by atoms with Crippen molar-refractivity contribution in [3.63, 3.8) is 0 Å². The van der Waals surface area contributed by atoms with E-state index in [0.29, 0.717) is 6.61 Å². The molecule has 0 saturated heterocycles. The summed E-state index contributed by atoms with van der Waals surface area (Å²) < 4.78 is 5.68. The maximum Gasteiger partial charge on any atom is 0.121 e. The van der Waals surface area contributed by atoms with Gasteiger partial charge in [0.2, 0.25) is 0 Å². The number of rotatable bonds is 5. The third-order valence-electron chi connectivity index (χ3n) is 3.03. The zero-order chi connectivity index (χ0) is 13.7. The van der Waals surface area contributed by atoms with Crippen LogP contribution in [0.15, 0.2) is 48.5 Å². The summed E-state index contributed by atoms with van der Waals surface area (Å²) in [5, 5.41) is 0. The van der Waals surface area contributed by atoms with Gasteiger partial charge in [-0.2, -0.15) is 0 Å². The molecule has 3 nitrogen and oxygen atoms in total. The normalized spacial score (nSPS) is 10.2. The lowest BCUT2D eigenvalue weighted by Gasteiger charge is -2.19. The van der Waals surface area contributed by atoms with Gasteiger partial charge < -0.3 is 15.4 Å². The predicted octanol–water partition coefficient (Wildman–Crippen LogP) is 3.09. The van der Waals surface area contributed by atoms with E-state index < -0.39 is 0 Å². The molecule has 3 heteroatoms. The summed E-state index contributed by atoms with van der Waals surface area (Å²) in [6.07, 6.45) is 0. The van der Waals surface area contributed by atoms with Gasteiger partial charge in [0.1, 0.15) is 12.4 Å². The highest BCUT2D eigenvalue weighted by Crippen LogP contribution is 2.15. The second kappa shape index (κ2) is 6.14. The molecule has 0 radical (unpaired) electrons. The Labute approximate surface area is 114 Å². The van der Waals surface area contributed by atoms with Gasteiger partial charge in [-0.15, -0.1) is 0 Å². The van der Waals surface area contributed by atoms with Crippen LogP contribution in [0.2, 0.25) is 0 Å². The molecule has 2 aromatic carbocycles. The molecule has 0 unspecified atom stereocenters. The van der Waals surface area contributed by atoms with Crippen molar-refractivity contribution in [3.8, 4) is 5.75 Å². The topological polar surface area (TPSA) is 38.5 Å². The standard InChI is InChI=1S/C16H20N2O/c1-13-6-8-15(9-7-13)18(2)10-11-19-16-5-3-4-14(17)12-16/h3-9,12H,10-11,17H2,1-2H3. The highest BCUT2D eigenvalue weighted by atomic mass is 16.5. The molecule has 0 amide bonds. The average molecular weight is 256 g/mol. The van der Waals surface area contributed by atoms with Gasteiger partial charge in [0.25, 0.3) is 0 Å². The number of nitrogens with zero attached hydrogens (tertiary/aromatic N) is 1. The van der Waals surface area contributed by atoms with Gasteiger partial charge >= 0.3 is 0 Å². The van der Waals surface area contributed by atoms with Crippen LogP contribution in [0.1, 0.15) is 5.56 Å². The minimum absolute atomic E-state index is 0.633. The number of benzene rings is 2. The molecule has 0 aliphatic carbocycles. The highest BCUT2D eigenvalue weighted by Gasteiger charge is 2.01. The van der Waals surface area contributed by atoms with E-state index in [1.54, 1.807) is 0 Å². The van der Waals surface area contributed by atoms with Crippen molar-refractivity contribution in [1.29, 1.82) is 0 Å². The van der Waals surface area contributed by atoms with Crippen LogP contribution in [0.25, 0.3) is 0 Å². The molecule has 0 aliphatic rings. The highest BCUT2D eigenvalue weighted by molar-refractivity contribution is 5.47. The molecule has 2 aromatic rings. The average Bonchev–Trinajstić information content (AvgIpc) is 2.39. The number of nitrogens with two attached hydrogens (primary N) is 1. The zero-order valence-electron chi connectivity index (χ0n) is 11.5. The van der Waals surface area contributed by atoms with Crippen LogP contribution in [0, 0.1) is 6.92 Å². The van der Waals surface area contributed by atoms with Gasteiger partial charge in [-0.25, -0.2) is 0 Å². The fourth-order valence-electron chi connectivity index (χ4n) is 1.83. The van der Waals surface area contributed by atoms with Gasteiger partial charge in [0, 0.05) is 24.5 Å². The van der Waals surface area contributed by atoms with E-state index in [0.717, 1.165) is 18.0 Å². The number of aryl methyl sites for hydroxylation is 1. The molecule has 100 valence electrons. The zero-order valence-corrected chi connectivity index (χ0v) is 11.5. The van der Waals surface area contributed by atoms with E-state index in [-0.39, 0.29) is 0 Å². The predicted molar refractivity (Wildman–Crippen MR) is 80.8 cm³/mol. The summed E-state index contributed by atoms with van der Waals surface area (Å²) in [6, 6.07) is 16.0. The van der Waals surface area contributed by atoms with Crippen LogP contribution in [0.5, 0.6) is 5.75 Å². The Morgan fingerprint density at radius 1 is 1.11 bits per heavy atom. The molecule has 19 heavy (non-hydrogen) atoms. The quantitative estimate of drug-likeness (QED) is 0.835. The Morgan fingerprint density at radius 2 is 1.84 bits per heavy atom. The van der Waals surface area contributed by atoms with Crippen molar-refractivity contribution in [2.24, 2.45) is 0 Å². The van der Waals surface area contributed by atoms with Crippen LogP contribution in [-0.4, -0.2) is 20.2 Å². The summed E-state index contributed by atoms with van der Waals surface area (Å²) in [4.78, 5) is 2.17. The van der Waals surface area contributed by atoms with Gasteiger partial charge in [-0.3, -0.25) is 0 Å². The fraction of sp³-hybridized carbons (Fsp3) is 0.250. The van der Waals surface area contributed by atoms with Crippen LogP contribution < -0.4 is 15.4 Å². The van der Waals surface area contributed by atoms with Gasteiger partial charge in [0.15, 0.2) is 0 Å². The van der Waals surface area contributed by atoms with Crippen molar-refractivity contribution in [2.45, 2.75) is 6.92 Å². The Kier molecular flexibility index (Phi) is 4.29. The third kappa shape index (κ3) is 3.91. The molecule has 2 rings (SSSR count). The number of likely N-dealkylation sites (N-methyl/N-ethyl adjacent to an activating group) is 1. The molecule has 0 bridgehead atoms. The first-order valence-electron chi connectivity index (χ1n) is 6.41. The number of ether oxygens (including phenoxy) is 1. The first-order chi connectivity index (χ1) is 9.15. The minimum atomic E-state index is 0.633. The second-order valence-electron chi connectivity index (χ2n) is 4.68. The van der Waals surface area contributed by atoms with Crippen LogP contribution in [0.4, 0.5) is 11.4 Å². The van der Waals surface area contributed by atoms with Crippen molar-refractivity contribution >= 4 is 11.4 Å². The van der Waals surface area contributed by atoms with Crippen LogP contribution in [0.3, 0.4) is 0 Å². The molecule has 0 aromatic heterocycles. The molecule has 0 heterocycles. The van der Waals surface area contributed by atoms with Gasteiger partial charge in [-0.1, -0.05) is 23.8 Å². The van der Waals surface area contributed by atoms with Gasteiger partial charge in [-0.05, 0) is 31.2 Å². The molecule has 2 N–H and O–H groups in total. The number of hydrogen-bond acceptors (Lipinski definition) is 3. The van der Waals surface area contributed by atoms with E-state index in [4.69, 9.17) is 10.5 Å². The van der Waals surface area contributed by atoms with Crippen molar-refractivity contribution in [1.82, 2.24) is 0 Å². The summed E-state index contributed by atoms with van der Waals surface area (Å²) in [7, 11) is 2.06. The summed E-state index contributed by atoms with van der Waals surface area (Å²) >= 11 is 0. The van der Waals surface area contributed by atoms with Crippen molar-refractivity contribution < 1.29 is 4.74 Å². The van der Waals surface area contributed by atoms with Crippen LogP contribution in [-0.2, 0) is 0 Å². The number of anilines is 2. The van der Waals surface area contributed by atoms with E-state index in [9.17, 15) is 0 Å². The molecular formula is C16H20N2O. The summed E-state index contributed by atoms with van der Waals surface area (Å²) in [5.74, 6) is 0.817. The molecule has 0 atom stereocenters. The third-order valence-corrected chi connectivity index (χ3v) is 3.03. The van der Waals surface area contributed by atoms with Crippen LogP contribution >= 0.6 is 0 Å². The Hall–Kier alpha value is -2.16. The lowest BCUT2D eigenvalue weighted by Crippen LogP contribution is -2.23. The number of hydrogen-bond donors (Lipinski definition) is 1. The van der Waals surface area contributed by atoms with E-state index in [1.165, 1.54) is 11.3 Å². The summed E-state index contributed by atoms with van der Waals surface area (Å²) in [5.41, 5.74) is 8.90. The minimum Gasteiger partial charge on any atom is -0.492 e. The molecule has 0 saturated carbocycles. The fourth-order valence-corrected chi connectivity index (χ4v) is 1.83. The molecule has 0 aliphatic heterocycles. The lowest BCUT2D eigenvalue weighted by atomic mass is 10.2. The van der Waals surface area contributed by atoms with Crippen molar-refractivity contribution in [2.75, 3.05) is 30.8 Å². The molecule has 0 spiro atoms. The second-order valence-corrected chi connectivity index (χ2v) is 4.68. The first kappa shape index (κ1) is 13.3. The SMILES string of the molecule is Cc1ccc(N(C)CCOc2cccc(N)c2)cc1. The molecule has 0 fully saturated rings. The number of nitrogen functional groups attached to an aromatic ring is 1. The first-order valence-corrected chi connectivity index (χ1v) is 6.41. The lowest BCUT2D eigenvalue weighted by molar-refractivity contribution is 0.326. The maximum absolute atomic E-state index is 5.70.